The predicted octanol–water partition coefficient (Wildman–Crippen LogP) is 7.04. The number of aromatic nitrogens is 2. The second-order valence-corrected chi connectivity index (χ2v) is 11.0. The summed E-state index contributed by atoms with van der Waals surface area (Å²) < 4.78 is 64.6. The van der Waals surface area contributed by atoms with E-state index in [4.69, 9.17) is 16.3 Å². The van der Waals surface area contributed by atoms with Gasteiger partial charge in [-0.25, -0.2) is 26.9 Å². The van der Waals surface area contributed by atoms with Crippen LogP contribution in [0.5, 0.6) is 11.8 Å². The summed E-state index contributed by atoms with van der Waals surface area (Å²) in [4.78, 5) is 4.45. The standard InChI is InChI=1S/C29H24ClF2N3O3S/c1-2-35-28(18-33-29(35)38-23-12-10-22(32)11-13-23)27(16-19-6-8-21(31)9-7-19)34-39(36,37)24-14-15-25-20(17-24)4-3-5-26(25)30/h3-15,17-18,27,34H,2,16H2,1H3. The number of hydrogen-bond donors (Lipinski definition) is 1. The molecule has 1 unspecified atom stereocenters. The fraction of sp³-hybridized carbons (Fsp3) is 0.138. The van der Waals surface area contributed by atoms with Gasteiger partial charge in [-0.2, -0.15) is 0 Å². The first kappa shape index (κ1) is 26.8. The van der Waals surface area contributed by atoms with Crippen LogP contribution < -0.4 is 9.46 Å². The molecule has 0 saturated carbocycles. The highest BCUT2D eigenvalue weighted by atomic mass is 35.5. The van der Waals surface area contributed by atoms with Crippen molar-refractivity contribution in [3.05, 3.63) is 119 Å². The van der Waals surface area contributed by atoms with Gasteiger partial charge in [-0.3, -0.25) is 4.57 Å². The monoisotopic (exact) mass is 567 g/mol. The minimum atomic E-state index is -4.01. The molecule has 0 radical (unpaired) electrons. The normalized spacial score (nSPS) is 12.5. The topological polar surface area (TPSA) is 73.2 Å². The third kappa shape index (κ3) is 5.95. The van der Waals surface area contributed by atoms with Crippen LogP contribution in [0, 0.1) is 11.6 Å². The SMILES string of the molecule is CCn1c(C(Cc2ccc(F)cc2)NS(=O)(=O)c2ccc3c(Cl)cccc3c2)cnc1Oc1ccc(F)cc1. The van der Waals surface area contributed by atoms with Crippen LogP contribution in [-0.4, -0.2) is 18.0 Å². The summed E-state index contributed by atoms with van der Waals surface area (Å²) in [5, 5.41) is 1.96. The molecule has 0 aliphatic carbocycles. The molecule has 1 aromatic heterocycles. The molecule has 0 saturated heterocycles. The molecule has 0 bridgehead atoms. The van der Waals surface area contributed by atoms with Gasteiger partial charge in [0, 0.05) is 17.0 Å². The molecule has 10 heteroatoms. The Morgan fingerprint density at radius 1 is 0.974 bits per heavy atom. The Bertz CT molecular complexity index is 1720. The van der Waals surface area contributed by atoms with Gasteiger partial charge in [0.1, 0.15) is 17.4 Å². The number of ether oxygens (including phenoxy) is 1. The summed E-state index contributed by atoms with van der Waals surface area (Å²) in [6.07, 6.45) is 1.76. The van der Waals surface area contributed by atoms with Crippen molar-refractivity contribution in [1.29, 1.82) is 0 Å². The lowest BCUT2D eigenvalue weighted by Gasteiger charge is -2.21. The zero-order valence-corrected chi connectivity index (χ0v) is 22.4. The maximum atomic E-state index is 13.6. The van der Waals surface area contributed by atoms with Gasteiger partial charge in [0.05, 0.1) is 22.8 Å². The lowest BCUT2D eigenvalue weighted by molar-refractivity contribution is 0.405. The van der Waals surface area contributed by atoms with E-state index < -0.39 is 21.9 Å². The maximum absolute atomic E-state index is 13.6. The van der Waals surface area contributed by atoms with Crippen LogP contribution in [0.1, 0.15) is 24.2 Å². The van der Waals surface area contributed by atoms with Crippen molar-refractivity contribution in [2.75, 3.05) is 0 Å². The summed E-state index contributed by atoms with van der Waals surface area (Å²) in [7, 11) is -4.01. The average Bonchev–Trinajstić information content (AvgIpc) is 3.33. The number of benzene rings is 4. The van der Waals surface area contributed by atoms with Crippen LogP contribution in [0.25, 0.3) is 10.8 Å². The van der Waals surface area contributed by atoms with Gasteiger partial charge in [0.25, 0.3) is 0 Å². The highest BCUT2D eigenvalue weighted by molar-refractivity contribution is 7.89. The summed E-state index contributed by atoms with van der Waals surface area (Å²) in [6, 6.07) is 20.9. The quantitative estimate of drug-likeness (QED) is 0.207. The second-order valence-electron chi connectivity index (χ2n) is 8.89. The van der Waals surface area contributed by atoms with E-state index in [1.165, 1.54) is 42.5 Å². The fourth-order valence-electron chi connectivity index (χ4n) is 4.36. The molecule has 200 valence electrons. The maximum Gasteiger partial charge on any atom is 0.302 e. The molecule has 1 atom stereocenters. The number of halogens is 3. The number of imidazole rings is 1. The number of fused-ring (bicyclic) bond motifs is 1. The van der Waals surface area contributed by atoms with Crippen molar-refractivity contribution < 1.29 is 21.9 Å². The molecular weight excluding hydrogens is 544 g/mol. The molecule has 5 aromatic rings. The highest BCUT2D eigenvalue weighted by Gasteiger charge is 2.26. The Hall–Kier alpha value is -3.79. The average molecular weight is 568 g/mol. The van der Waals surface area contributed by atoms with Crippen LogP contribution in [0.4, 0.5) is 8.78 Å². The van der Waals surface area contributed by atoms with E-state index in [0.717, 1.165) is 10.9 Å². The molecule has 5 rings (SSSR count). The zero-order chi connectivity index (χ0) is 27.6. The fourth-order valence-corrected chi connectivity index (χ4v) is 5.85. The van der Waals surface area contributed by atoms with Crippen molar-refractivity contribution in [2.45, 2.75) is 30.8 Å². The zero-order valence-electron chi connectivity index (χ0n) is 20.8. The Balaban J connectivity index is 1.52. The smallest absolute Gasteiger partial charge is 0.302 e. The summed E-state index contributed by atoms with van der Waals surface area (Å²) in [5.41, 5.74) is 1.27. The van der Waals surface area contributed by atoms with E-state index in [1.807, 2.05) is 6.92 Å². The van der Waals surface area contributed by atoms with E-state index in [2.05, 4.69) is 9.71 Å². The van der Waals surface area contributed by atoms with E-state index in [9.17, 15) is 17.2 Å². The third-order valence-electron chi connectivity index (χ3n) is 6.31. The molecule has 6 nitrogen and oxygen atoms in total. The van der Waals surface area contributed by atoms with E-state index >= 15 is 0 Å². The minimum absolute atomic E-state index is 0.0757. The van der Waals surface area contributed by atoms with Gasteiger partial charge >= 0.3 is 6.01 Å². The van der Waals surface area contributed by atoms with Crippen molar-refractivity contribution in [3.8, 4) is 11.8 Å². The van der Waals surface area contributed by atoms with E-state index in [1.54, 1.807) is 53.2 Å². The van der Waals surface area contributed by atoms with Crippen LogP contribution in [0.15, 0.2) is 96.0 Å². The number of sulfonamides is 1. The molecule has 0 fully saturated rings. The molecule has 0 aliphatic rings. The molecule has 0 aliphatic heterocycles. The molecule has 1 heterocycles. The molecule has 39 heavy (non-hydrogen) atoms. The van der Waals surface area contributed by atoms with E-state index in [0.29, 0.717) is 28.4 Å². The van der Waals surface area contributed by atoms with Gasteiger partial charge < -0.3 is 4.74 Å². The summed E-state index contributed by atoms with van der Waals surface area (Å²) in [6.45, 7) is 2.29. The summed E-state index contributed by atoms with van der Waals surface area (Å²) in [5.74, 6) is -0.403. The number of hydrogen-bond acceptors (Lipinski definition) is 4. The summed E-state index contributed by atoms with van der Waals surface area (Å²) >= 11 is 6.26. The Kier molecular flexibility index (Phi) is 7.65. The van der Waals surface area contributed by atoms with Gasteiger partial charge in [-0.15, -0.1) is 0 Å². The first-order valence-corrected chi connectivity index (χ1v) is 14.0. The van der Waals surface area contributed by atoms with Gasteiger partial charge in [0.15, 0.2) is 0 Å². The predicted molar refractivity (Wildman–Crippen MR) is 146 cm³/mol. The van der Waals surface area contributed by atoms with Crippen LogP contribution in [-0.2, 0) is 23.0 Å². The second kappa shape index (κ2) is 11.1. The Morgan fingerprint density at radius 2 is 1.67 bits per heavy atom. The van der Waals surface area contributed by atoms with E-state index in [-0.39, 0.29) is 23.1 Å². The lowest BCUT2D eigenvalue weighted by atomic mass is 10.0. The molecule has 0 spiro atoms. The van der Waals surface area contributed by atoms with Crippen molar-refractivity contribution >= 4 is 32.4 Å². The number of nitrogens with one attached hydrogen (secondary N) is 1. The van der Waals surface area contributed by atoms with Crippen molar-refractivity contribution in [1.82, 2.24) is 14.3 Å². The Labute approximate surface area is 229 Å². The molecule has 0 amide bonds. The molecular formula is C29H24ClF2N3O3S. The van der Waals surface area contributed by atoms with Crippen molar-refractivity contribution in [2.24, 2.45) is 0 Å². The third-order valence-corrected chi connectivity index (χ3v) is 8.10. The lowest BCUT2D eigenvalue weighted by Crippen LogP contribution is -2.31. The molecule has 1 N–H and O–H groups in total. The van der Waals surface area contributed by atoms with Gasteiger partial charge in [-0.05, 0) is 78.9 Å². The van der Waals surface area contributed by atoms with Crippen molar-refractivity contribution in [3.63, 3.8) is 0 Å². The first-order chi connectivity index (χ1) is 18.7. The van der Waals surface area contributed by atoms with Crippen LogP contribution >= 0.6 is 11.6 Å². The number of rotatable bonds is 9. The number of nitrogens with zero attached hydrogens (tertiary/aromatic N) is 2. The van der Waals surface area contributed by atoms with Gasteiger partial charge in [0.2, 0.25) is 10.0 Å². The Morgan fingerprint density at radius 3 is 2.36 bits per heavy atom. The van der Waals surface area contributed by atoms with Crippen LogP contribution in [0.2, 0.25) is 5.02 Å². The van der Waals surface area contributed by atoms with Gasteiger partial charge in [-0.1, -0.05) is 41.9 Å². The molecule has 4 aromatic carbocycles. The first-order valence-electron chi connectivity index (χ1n) is 12.2. The minimum Gasteiger partial charge on any atom is -0.426 e. The van der Waals surface area contributed by atoms with Crippen LogP contribution in [0.3, 0.4) is 0 Å². The highest BCUT2D eigenvalue weighted by Crippen LogP contribution is 2.30. The largest absolute Gasteiger partial charge is 0.426 e.